The fraction of sp³-hybridized carbons (Fsp3) is 0.391. The molecule has 3 aromatic rings. The number of benzene rings is 2. The Bertz CT molecular complexity index is 1000. The third-order valence-electron chi connectivity index (χ3n) is 5.47. The van der Waals surface area contributed by atoms with Crippen LogP contribution >= 0.6 is 0 Å². The van der Waals surface area contributed by atoms with E-state index in [1.807, 2.05) is 35.1 Å². The summed E-state index contributed by atoms with van der Waals surface area (Å²) in [6, 6.07) is 11.7. The van der Waals surface area contributed by atoms with Crippen LogP contribution < -0.4 is 18.9 Å². The molecule has 0 amide bonds. The summed E-state index contributed by atoms with van der Waals surface area (Å²) >= 11 is 0. The van der Waals surface area contributed by atoms with E-state index in [2.05, 4.69) is 27.3 Å². The quantitative estimate of drug-likeness (QED) is 0.523. The number of nitrogens with zero attached hydrogens (tertiary/aromatic N) is 4. The van der Waals surface area contributed by atoms with Crippen LogP contribution in [0, 0.1) is 0 Å². The van der Waals surface area contributed by atoms with Gasteiger partial charge in [-0.3, -0.25) is 9.58 Å². The molecule has 0 aliphatic carbocycles. The van der Waals surface area contributed by atoms with Crippen LogP contribution in [-0.4, -0.2) is 54.3 Å². The summed E-state index contributed by atoms with van der Waals surface area (Å²) in [5.74, 6) is 3.15. The Morgan fingerprint density at radius 1 is 0.871 bits per heavy atom. The lowest BCUT2D eigenvalue weighted by Gasteiger charge is -2.29. The van der Waals surface area contributed by atoms with Crippen molar-refractivity contribution in [1.82, 2.24) is 19.9 Å². The maximum atomic E-state index is 5.78. The third kappa shape index (κ3) is 5.08. The highest BCUT2D eigenvalue weighted by Gasteiger charge is 2.19. The molecule has 0 unspecified atom stereocenters. The Balaban J connectivity index is 1.29. The van der Waals surface area contributed by atoms with E-state index in [1.54, 1.807) is 21.3 Å². The predicted molar refractivity (Wildman–Crippen MR) is 116 cm³/mol. The minimum Gasteiger partial charge on any atom is -0.497 e. The molecule has 0 bridgehead atoms. The summed E-state index contributed by atoms with van der Waals surface area (Å²) in [7, 11) is 4.99. The highest BCUT2D eigenvalue weighted by atomic mass is 16.5. The van der Waals surface area contributed by atoms with Crippen molar-refractivity contribution in [3.05, 3.63) is 59.4 Å². The first-order chi connectivity index (χ1) is 15.2. The molecule has 164 valence electrons. The van der Waals surface area contributed by atoms with Crippen LogP contribution in [0.4, 0.5) is 0 Å². The second-order valence-corrected chi connectivity index (χ2v) is 7.44. The molecule has 0 N–H and O–H groups in total. The van der Waals surface area contributed by atoms with Crippen LogP contribution in [0.5, 0.6) is 23.0 Å². The maximum Gasteiger partial charge on any atom is 0.161 e. The highest BCUT2D eigenvalue weighted by molar-refractivity contribution is 5.48. The molecule has 8 heteroatoms. The van der Waals surface area contributed by atoms with Crippen LogP contribution in [0.15, 0.2) is 42.6 Å². The van der Waals surface area contributed by atoms with Gasteiger partial charge in [0.15, 0.2) is 11.5 Å². The first kappa shape index (κ1) is 21.0. The van der Waals surface area contributed by atoms with Gasteiger partial charge in [0.2, 0.25) is 0 Å². The summed E-state index contributed by atoms with van der Waals surface area (Å²) < 4.78 is 23.7. The summed E-state index contributed by atoms with van der Waals surface area (Å²) in [5, 5.41) is 8.46. The fourth-order valence-corrected chi connectivity index (χ4v) is 3.72. The summed E-state index contributed by atoms with van der Waals surface area (Å²) in [5.41, 5.74) is 3.42. The molecule has 31 heavy (non-hydrogen) atoms. The fourth-order valence-electron chi connectivity index (χ4n) is 3.72. The second kappa shape index (κ2) is 9.70. The van der Waals surface area contributed by atoms with Crippen LogP contribution in [0.1, 0.15) is 16.8 Å². The zero-order chi connectivity index (χ0) is 21.6. The van der Waals surface area contributed by atoms with E-state index < -0.39 is 0 Å². The molecule has 8 nitrogen and oxygen atoms in total. The first-order valence-corrected chi connectivity index (χ1v) is 10.3. The summed E-state index contributed by atoms with van der Waals surface area (Å²) in [6.07, 6.45) is 2.93. The number of rotatable bonds is 9. The molecular formula is C23H28N4O4. The molecular weight excluding hydrogens is 396 g/mol. The van der Waals surface area contributed by atoms with Gasteiger partial charge < -0.3 is 18.9 Å². The topological polar surface area (TPSA) is 70.9 Å². The van der Waals surface area contributed by atoms with Crippen molar-refractivity contribution in [2.75, 3.05) is 34.4 Å². The number of ether oxygens (including phenoxy) is 4. The molecule has 0 fully saturated rings. The molecule has 2 aromatic carbocycles. The Morgan fingerprint density at radius 2 is 1.58 bits per heavy atom. The van der Waals surface area contributed by atoms with E-state index in [-0.39, 0.29) is 0 Å². The highest BCUT2D eigenvalue weighted by Crippen LogP contribution is 2.33. The van der Waals surface area contributed by atoms with Gasteiger partial charge in [0.05, 0.1) is 34.1 Å². The van der Waals surface area contributed by atoms with Gasteiger partial charge in [0.1, 0.15) is 23.8 Å². The summed E-state index contributed by atoms with van der Waals surface area (Å²) in [4.78, 5) is 2.42. The SMILES string of the molecule is COc1ccc(OCc2cn(CCN3CCc4cc(OC)c(OC)cc4C3)nn2)cc1. The molecule has 0 saturated heterocycles. The van der Waals surface area contributed by atoms with Gasteiger partial charge in [-0.25, -0.2) is 0 Å². The van der Waals surface area contributed by atoms with Crippen molar-refractivity contribution in [3.8, 4) is 23.0 Å². The van der Waals surface area contributed by atoms with Crippen molar-refractivity contribution >= 4 is 0 Å². The molecule has 2 heterocycles. The lowest BCUT2D eigenvalue weighted by atomic mass is 9.99. The van der Waals surface area contributed by atoms with Crippen molar-refractivity contribution in [1.29, 1.82) is 0 Å². The molecule has 1 aliphatic heterocycles. The minimum absolute atomic E-state index is 0.380. The van der Waals surface area contributed by atoms with E-state index >= 15 is 0 Å². The smallest absolute Gasteiger partial charge is 0.161 e. The third-order valence-corrected chi connectivity index (χ3v) is 5.47. The van der Waals surface area contributed by atoms with Crippen LogP contribution in [0.2, 0.25) is 0 Å². The van der Waals surface area contributed by atoms with E-state index in [0.29, 0.717) is 6.61 Å². The van der Waals surface area contributed by atoms with Gasteiger partial charge in [0.25, 0.3) is 0 Å². The van der Waals surface area contributed by atoms with E-state index in [0.717, 1.165) is 61.3 Å². The average Bonchev–Trinajstić information content (AvgIpc) is 3.28. The van der Waals surface area contributed by atoms with Crippen LogP contribution in [0.25, 0.3) is 0 Å². The predicted octanol–water partition coefficient (Wildman–Crippen LogP) is 2.94. The number of aromatic nitrogens is 3. The van der Waals surface area contributed by atoms with Crippen molar-refractivity contribution < 1.29 is 18.9 Å². The Kier molecular flexibility index (Phi) is 6.57. The Hall–Kier alpha value is -3.26. The van der Waals surface area contributed by atoms with Crippen LogP contribution in [0.3, 0.4) is 0 Å². The number of hydrogen-bond acceptors (Lipinski definition) is 7. The lowest BCUT2D eigenvalue weighted by molar-refractivity contribution is 0.238. The molecule has 0 saturated carbocycles. The van der Waals surface area contributed by atoms with Crippen molar-refractivity contribution in [2.24, 2.45) is 0 Å². The zero-order valence-corrected chi connectivity index (χ0v) is 18.2. The van der Waals surface area contributed by atoms with Gasteiger partial charge in [0, 0.05) is 19.6 Å². The summed E-state index contributed by atoms with van der Waals surface area (Å²) in [6.45, 7) is 3.95. The van der Waals surface area contributed by atoms with E-state index in [4.69, 9.17) is 18.9 Å². The van der Waals surface area contributed by atoms with Gasteiger partial charge in [-0.1, -0.05) is 5.21 Å². The van der Waals surface area contributed by atoms with Gasteiger partial charge in [-0.15, -0.1) is 5.10 Å². The van der Waals surface area contributed by atoms with Gasteiger partial charge in [-0.05, 0) is 53.9 Å². The number of hydrogen-bond donors (Lipinski definition) is 0. The van der Waals surface area contributed by atoms with Gasteiger partial charge >= 0.3 is 0 Å². The minimum atomic E-state index is 0.380. The maximum absolute atomic E-state index is 5.78. The average molecular weight is 425 g/mol. The molecule has 0 atom stereocenters. The second-order valence-electron chi connectivity index (χ2n) is 7.44. The first-order valence-electron chi connectivity index (χ1n) is 10.3. The van der Waals surface area contributed by atoms with E-state index in [1.165, 1.54) is 11.1 Å². The number of methoxy groups -OCH3 is 3. The molecule has 4 rings (SSSR count). The Morgan fingerprint density at radius 3 is 2.29 bits per heavy atom. The van der Waals surface area contributed by atoms with Crippen molar-refractivity contribution in [3.63, 3.8) is 0 Å². The molecule has 1 aliphatic rings. The normalized spacial score (nSPS) is 13.5. The standard InChI is InChI=1S/C23H28N4O4/c1-28-20-4-6-21(7-5-20)31-16-19-15-27(25-24-19)11-10-26-9-8-17-12-22(29-2)23(30-3)13-18(17)14-26/h4-7,12-13,15H,8-11,14,16H2,1-3H3. The number of fused-ring (bicyclic) bond motifs is 1. The molecule has 0 radical (unpaired) electrons. The monoisotopic (exact) mass is 424 g/mol. The zero-order valence-electron chi connectivity index (χ0n) is 18.2. The van der Waals surface area contributed by atoms with E-state index in [9.17, 15) is 0 Å². The molecule has 1 aromatic heterocycles. The van der Waals surface area contributed by atoms with Crippen molar-refractivity contribution in [2.45, 2.75) is 26.1 Å². The largest absolute Gasteiger partial charge is 0.497 e. The van der Waals surface area contributed by atoms with Gasteiger partial charge in [-0.2, -0.15) is 0 Å². The Labute approximate surface area is 182 Å². The van der Waals surface area contributed by atoms with Crippen LogP contribution in [-0.2, 0) is 26.1 Å². The molecule has 0 spiro atoms. The lowest BCUT2D eigenvalue weighted by Crippen LogP contribution is -2.33.